The molecule has 2 N–H and O–H groups in total. The highest BCUT2D eigenvalue weighted by Gasteiger charge is 2.18. The van der Waals surface area contributed by atoms with E-state index in [9.17, 15) is 9.90 Å². The van der Waals surface area contributed by atoms with Crippen LogP contribution in [0.1, 0.15) is 5.82 Å². The van der Waals surface area contributed by atoms with Crippen molar-refractivity contribution in [2.24, 2.45) is 0 Å². The first-order valence-corrected chi connectivity index (χ1v) is 7.96. The standard InChI is InChI=1S/C11H9Br2N3O3S/c12-6-2-1-3-7(13)10(6)16-8(4-17)14-15-11(16)20-5-9(18)19/h1-3,17H,4-5H2,(H,18,19). The summed E-state index contributed by atoms with van der Waals surface area (Å²) in [7, 11) is 0. The number of aliphatic hydroxyl groups excluding tert-OH is 1. The van der Waals surface area contributed by atoms with Crippen LogP contribution in [0.5, 0.6) is 0 Å². The first-order chi connectivity index (χ1) is 9.54. The van der Waals surface area contributed by atoms with Crippen LogP contribution in [0, 0.1) is 0 Å². The molecular formula is C11H9Br2N3O3S. The quantitative estimate of drug-likeness (QED) is 0.719. The fourth-order valence-electron chi connectivity index (χ4n) is 1.55. The van der Waals surface area contributed by atoms with E-state index in [2.05, 4.69) is 42.1 Å². The highest BCUT2D eigenvalue weighted by Crippen LogP contribution is 2.33. The van der Waals surface area contributed by atoms with Crippen LogP contribution in [0.25, 0.3) is 5.69 Å². The van der Waals surface area contributed by atoms with Gasteiger partial charge in [0.05, 0.1) is 11.4 Å². The molecule has 0 amide bonds. The summed E-state index contributed by atoms with van der Waals surface area (Å²) in [6.07, 6.45) is 0. The number of nitrogens with zero attached hydrogens (tertiary/aromatic N) is 3. The summed E-state index contributed by atoms with van der Waals surface area (Å²) in [6, 6.07) is 5.53. The third-order valence-electron chi connectivity index (χ3n) is 2.33. The Morgan fingerprint density at radius 1 is 1.30 bits per heavy atom. The number of hydrogen-bond acceptors (Lipinski definition) is 5. The van der Waals surface area contributed by atoms with Crippen LogP contribution in [-0.2, 0) is 11.4 Å². The molecule has 9 heteroatoms. The molecule has 0 saturated carbocycles. The molecule has 1 aromatic heterocycles. The van der Waals surface area contributed by atoms with E-state index >= 15 is 0 Å². The first kappa shape index (κ1) is 15.5. The minimum absolute atomic E-state index is 0.133. The van der Waals surface area contributed by atoms with Crippen LogP contribution >= 0.6 is 43.6 Å². The molecule has 0 saturated heterocycles. The Balaban J connectivity index is 2.53. The molecule has 0 fully saturated rings. The predicted molar refractivity (Wildman–Crippen MR) is 81.0 cm³/mol. The van der Waals surface area contributed by atoms with Gasteiger partial charge in [-0.25, -0.2) is 0 Å². The van der Waals surface area contributed by atoms with Crippen molar-refractivity contribution in [1.29, 1.82) is 0 Å². The fraction of sp³-hybridized carbons (Fsp3) is 0.182. The van der Waals surface area contributed by atoms with E-state index in [-0.39, 0.29) is 12.4 Å². The number of carbonyl (C=O) groups is 1. The summed E-state index contributed by atoms with van der Waals surface area (Å²) < 4.78 is 3.18. The minimum atomic E-state index is -0.943. The second-order valence-corrected chi connectivity index (χ2v) is 6.30. The Bertz CT molecular complexity index is 628. The highest BCUT2D eigenvalue weighted by molar-refractivity contribution is 9.11. The molecule has 106 valence electrons. The largest absolute Gasteiger partial charge is 0.481 e. The Labute approximate surface area is 135 Å². The maximum absolute atomic E-state index is 10.7. The van der Waals surface area contributed by atoms with E-state index in [0.29, 0.717) is 11.0 Å². The number of carboxylic acids is 1. The number of para-hydroxylation sites is 1. The summed E-state index contributed by atoms with van der Waals surface area (Å²) in [6.45, 7) is -0.297. The van der Waals surface area contributed by atoms with Crippen molar-refractivity contribution >= 4 is 49.6 Å². The van der Waals surface area contributed by atoms with Gasteiger partial charge in [-0.15, -0.1) is 10.2 Å². The summed E-state index contributed by atoms with van der Waals surface area (Å²) >= 11 is 7.91. The van der Waals surface area contributed by atoms with Gasteiger partial charge in [0, 0.05) is 8.95 Å². The van der Waals surface area contributed by atoms with E-state index in [1.807, 2.05) is 18.2 Å². The van der Waals surface area contributed by atoms with Crippen molar-refractivity contribution in [2.75, 3.05) is 5.75 Å². The molecule has 20 heavy (non-hydrogen) atoms. The Morgan fingerprint density at radius 2 is 1.95 bits per heavy atom. The van der Waals surface area contributed by atoms with Gasteiger partial charge in [-0.2, -0.15) is 0 Å². The number of hydrogen-bond donors (Lipinski definition) is 2. The van der Waals surface area contributed by atoms with Gasteiger partial charge in [-0.05, 0) is 44.0 Å². The SMILES string of the molecule is O=C(O)CSc1nnc(CO)n1-c1c(Br)cccc1Br. The van der Waals surface area contributed by atoms with Crippen LogP contribution < -0.4 is 0 Å². The van der Waals surface area contributed by atoms with E-state index in [1.54, 1.807) is 4.57 Å². The van der Waals surface area contributed by atoms with Crippen molar-refractivity contribution in [3.05, 3.63) is 33.0 Å². The number of aromatic nitrogens is 3. The maximum Gasteiger partial charge on any atom is 0.313 e. The van der Waals surface area contributed by atoms with Gasteiger partial charge in [0.2, 0.25) is 0 Å². The third-order valence-corrected chi connectivity index (χ3v) is 4.52. The number of thioether (sulfide) groups is 1. The monoisotopic (exact) mass is 421 g/mol. The van der Waals surface area contributed by atoms with Gasteiger partial charge < -0.3 is 10.2 Å². The van der Waals surface area contributed by atoms with Crippen molar-refractivity contribution < 1.29 is 15.0 Å². The molecule has 0 aliphatic heterocycles. The molecule has 1 heterocycles. The number of benzene rings is 1. The molecule has 0 unspecified atom stereocenters. The Hall–Kier alpha value is -0.900. The number of carboxylic acid groups (broad SMARTS) is 1. The highest BCUT2D eigenvalue weighted by atomic mass is 79.9. The summed E-state index contributed by atoms with van der Waals surface area (Å²) in [5, 5.41) is 26.3. The lowest BCUT2D eigenvalue weighted by molar-refractivity contribution is -0.133. The molecule has 6 nitrogen and oxygen atoms in total. The van der Waals surface area contributed by atoms with E-state index in [1.165, 1.54) is 0 Å². The van der Waals surface area contributed by atoms with Crippen LogP contribution in [0.15, 0.2) is 32.3 Å². The molecule has 0 aliphatic rings. The topological polar surface area (TPSA) is 88.2 Å². The Kier molecular flexibility index (Phi) is 5.19. The number of aliphatic carboxylic acids is 1. The second-order valence-electron chi connectivity index (χ2n) is 3.65. The van der Waals surface area contributed by atoms with Gasteiger partial charge in [-0.3, -0.25) is 9.36 Å². The average molecular weight is 423 g/mol. The van der Waals surface area contributed by atoms with Gasteiger partial charge in [0.1, 0.15) is 6.61 Å². The zero-order valence-electron chi connectivity index (χ0n) is 9.95. The molecule has 2 aromatic rings. The van der Waals surface area contributed by atoms with Gasteiger partial charge in [0.15, 0.2) is 11.0 Å². The smallest absolute Gasteiger partial charge is 0.313 e. The van der Waals surface area contributed by atoms with E-state index in [4.69, 9.17) is 5.11 Å². The molecule has 1 aromatic carbocycles. The minimum Gasteiger partial charge on any atom is -0.481 e. The van der Waals surface area contributed by atoms with Crippen molar-refractivity contribution in [1.82, 2.24) is 14.8 Å². The zero-order valence-corrected chi connectivity index (χ0v) is 13.9. The van der Waals surface area contributed by atoms with Crippen LogP contribution in [0.3, 0.4) is 0 Å². The van der Waals surface area contributed by atoms with Crippen molar-refractivity contribution in [3.63, 3.8) is 0 Å². The lowest BCUT2D eigenvalue weighted by Gasteiger charge is -2.12. The number of aliphatic hydroxyl groups is 1. The second kappa shape index (κ2) is 6.70. The molecular weight excluding hydrogens is 414 g/mol. The number of rotatable bonds is 5. The lowest BCUT2D eigenvalue weighted by atomic mass is 10.3. The van der Waals surface area contributed by atoms with Crippen molar-refractivity contribution in [3.8, 4) is 5.69 Å². The zero-order chi connectivity index (χ0) is 14.7. The summed E-state index contributed by atoms with van der Waals surface area (Å²) in [5.41, 5.74) is 0.717. The maximum atomic E-state index is 10.7. The van der Waals surface area contributed by atoms with Crippen molar-refractivity contribution in [2.45, 2.75) is 11.8 Å². The number of halogens is 2. The van der Waals surface area contributed by atoms with E-state index in [0.717, 1.165) is 26.4 Å². The molecule has 0 spiro atoms. The molecule has 2 rings (SSSR count). The molecule has 0 aliphatic carbocycles. The third kappa shape index (κ3) is 3.22. The Morgan fingerprint density at radius 3 is 2.50 bits per heavy atom. The normalized spacial score (nSPS) is 10.8. The van der Waals surface area contributed by atoms with E-state index < -0.39 is 5.97 Å². The summed E-state index contributed by atoms with van der Waals surface area (Å²) in [5.74, 6) is -0.738. The fourth-order valence-corrected chi connectivity index (χ4v) is 3.58. The van der Waals surface area contributed by atoms with Crippen LogP contribution in [-0.4, -0.2) is 36.7 Å². The lowest BCUT2D eigenvalue weighted by Crippen LogP contribution is -2.06. The molecule has 0 radical (unpaired) electrons. The predicted octanol–water partition coefficient (Wildman–Crippen LogP) is 2.46. The average Bonchev–Trinajstić information content (AvgIpc) is 2.79. The van der Waals surface area contributed by atoms with Crippen LogP contribution in [0.2, 0.25) is 0 Å². The summed E-state index contributed by atoms with van der Waals surface area (Å²) in [4.78, 5) is 10.7. The van der Waals surface area contributed by atoms with Gasteiger partial charge in [0.25, 0.3) is 0 Å². The van der Waals surface area contributed by atoms with Crippen LogP contribution in [0.4, 0.5) is 0 Å². The van der Waals surface area contributed by atoms with Gasteiger partial charge in [-0.1, -0.05) is 17.8 Å². The van der Waals surface area contributed by atoms with Gasteiger partial charge >= 0.3 is 5.97 Å². The first-order valence-electron chi connectivity index (χ1n) is 5.38. The molecule has 0 atom stereocenters. The molecule has 0 bridgehead atoms.